The SMILES string of the molecule is CCn1cc(C(=O)N2CCCC[C@@H]2c2nc(C(C)C)no2)cn1. The van der Waals surface area contributed by atoms with Gasteiger partial charge in [-0.15, -0.1) is 0 Å². The first kappa shape index (κ1) is 15.7. The van der Waals surface area contributed by atoms with Gasteiger partial charge in [0.1, 0.15) is 6.04 Å². The van der Waals surface area contributed by atoms with E-state index in [4.69, 9.17) is 4.52 Å². The van der Waals surface area contributed by atoms with Crippen molar-refractivity contribution in [3.05, 3.63) is 29.7 Å². The summed E-state index contributed by atoms with van der Waals surface area (Å²) in [6.45, 7) is 7.50. The van der Waals surface area contributed by atoms with E-state index < -0.39 is 0 Å². The van der Waals surface area contributed by atoms with Gasteiger partial charge in [0.2, 0.25) is 5.89 Å². The molecule has 7 nitrogen and oxygen atoms in total. The minimum atomic E-state index is -0.138. The molecule has 0 bridgehead atoms. The molecule has 0 saturated carbocycles. The van der Waals surface area contributed by atoms with Gasteiger partial charge >= 0.3 is 0 Å². The lowest BCUT2D eigenvalue weighted by Gasteiger charge is -2.33. The molecular formula is C16H23N5O2. The van der Waals surface area contributed by atoms with Crippen LogP contribution in [0.2, 0.25) is 0 Å². The van der Waals surface area contributed by atoms with E-state index in [0.29, 0.717) is 23.8 Å². The Morgan fingerprint density at radius 3 is 2.91 bits per heavy atom. The lowest BCUT2D eigenvalue weighted by atomic mass is 10.0. The molecular weight excluding hydrogens is 294 g/mol. The van der Waals surface area contributed by atoms with Gasteiger partial charge in [-0.05, 0) is 26.2 Å². The molecule has 7 heteroatoms. The summed E-state index contributed by atoms with van der Waals surface area (Å²) in [5.41, 5.74) is 0.613. The topological polar surface area (TPSA) is 77.0 Å². The summed E-state index contributed by atoms with van der Waals surface area (Å²) in [6, 6.07) is -0.138. The number of piperidine rings is 1. The van der Waals surface area contributed by atoms with E-state index in [1.54, 1.807) is 17.1 Å². The average molecular weight is 317 g/mol. The molecule has 0 spiro atoms. The molecule has 2 aromatic heterocycles. The second-order valence-electron chi connectivity index (χ2n) is 6.24. The van der Waals surface area contributed by atoms with Gasteiger partial charge in [0.05, 0.1) is 11.8 Å². The first-order chi connectivity index (χ1) is 11.1. The average Bonchev–Trinajstić information content (AvgIpc) is 3.23. The predicted molar refractivity (Wildman–Crippen MR) is 83.9 cm³/mol. The zero-order chi connectivity index (χ0) is 16.4. The van der Waals surface area contributed by atoms with Crippen molar-refractivity contribution >= 4 is 5.91 Å². The fraction of sp³-hybridized carbons (Fsp3) is 0.625. The van der Waals surface area contributed by atoms with Crippen LogP contribution in [0.5, 0.6) is 0 Å². The third-order valence-corrected chi connectivity index (χ3v) is 4.23. The molecule has 1 aliphatic rings. The smallest absolute Gasteiger partial charge is 0.257 e. The Labute approximate surface area is 135 Å². The summed E-state index contributed by atoms with van der Waals surface area (Å²) in [5, 5.41) is 8.23. The Bertz CT molecular complexity index is 676. The van der Waals surface area contributed by atoms with E-state index in [-0.39, 0.29) is 17.9 Å². The van der Waals surface area contributed by atoms with Crippen LogP contribution in [0.3, 0.4) is 0 Å². The zero-order valence-electron chi connectivity index (χ0n) is 13.9. The van der Waals surface area contributed by atoms with E-state index in [1.165, 1.54) is 0 Å². The summed E-state index contributed by atoms with van der Waals surface area (Å²) < 4.78 is 7.19. The number of hydrogen-bond donors (Lipinski definition) is 0. The minimum absolute atomic E-state index is 0.0151. The van der Waals surface area contributed by atoms with Crippen molar-refractivity contribution < 1.29 is 9.32 Å². The summed E-state index contributed by atoms with van der Waals surface area (Å²) >= 11 is 0. The standard InChI is InChI=1S/C16H23N5O2/c1-4-20-10-12(9-17-20)16(22)21-8-6-5-7-13(21)15-18-14(11(2)3)19-23-15/h9-11,13H,4-8H2,1-3H3/t13-/m1/s1. The summed E-state index contributed by atoms with van der Waals surface area (Å²) in [6.07, 6.45) is 6.33. The van der Waals surface area contributed by atoms with E-state index in [2.05, 4.69) is 15.2 Å². The highest BCUT2D eigenvalue weighted by Gasteiger charge is 2.33. The van der Waals surface area contributed by atoms with E-state index in [1.807, 2.05) is 25.7 Å². The van der Waals surface area contributed by atoms with E-state index in [0.717, 1.165) is 25.8 Å². The lowest BCUT2D eigenvalue weighted by molar-refractivity contribution is 0.0561. The maximum absolute atomic E-state index is 12.8. The summed E-state index contributed by atoms with van der Waals surface area (Å²) in [7, 11) is 0. The monoisotopic (exact) mass is 317 g/mol. The first-order valence-corrected chi connectivity index (χ1v) is 8.27. The molecule has 3 rings (SSSR count). The third kappa shape index (κ3) is 3.13. The minimum Gasteiger partial charge on any atom is -0.337 e. The molecule has 0 N–H and O–H groups in total. The van der Waals surface area contributed by atoms with Crippen molar-refractivity contribution in [1.82, 2.24) is 24.8 Å². The van der Waals surface area contributed by atoms with Gasteiger partial charge in [-0.25, -0.2) is 0 Å². The van der Waals surface area contributed by atoms with E-state index in [9.17, 15) is 4.79 Å². The highest BCUT2D eigenvalue weighted by Crippen LogP contribution is 2.31. The van der Waals surface area contributed by atoms with Crippen LogP contribution in [0.4, 0.5) is 0 Å². The van der Waals surface area contributed by atoms with E-state index >= 15 is 0 Å². The van der Waals surface area contributed by atoms with Gasteiger partial charge in [-0.3, -0.25) is 9.48 Å². The molecule has 1 saturated heterocycles. The molecule has 2 aromatic rings. The second-order valence-corrected chi connectivity index (χ2v) is 6.24. The normalized spacial score (nSPS) is 18.6. The number of rotatable bonds is 4. The van der Waals surface area contributed by atoms with Crippen LogP contribution >= 0.6 is 0 Å². The molecule has 1 fully saturated rings. The van der Waals surface area contributed by atoms with Crippen molar-refractivity contribution in [3.63, 3.8) is 0 Å². The van der Waals surface area contributed by atoms with Gasteiger partial charge in [-0.1, -0.05) is 19.0 Å². The van der Waals surface area contributed by atoms with Crippen LogP contribution in [-0.2, 0) is 6.54 Å². The zero-order valence-corrected chi connectivity index (χ0v) is 13.9. The largest absolute Gasteiger partial charge is 0.337 e. The van der Waals surface area contributed by atoms with Gasteiger partial charge < -0.3 is 9.42 Å². The van der Waals surface area contributed by atoms with Gasteiger partial charge in [-0.2, -0.15) is 10.1 Å². The van der Waals surface area contributed by atoms with Crippen molar-refractivity contribution in [2.45, 2.75) is 58.5 Å². The Morgan fingerprint density at radius 1 is 1.43 bits per heavy atom. The van der Waals surface area contributed by atoms with Crippen LogP contribution in [-0.4, -0.2) is 37.3 Å². The first-order valence-electron chi connectivity index (χ1n) is 8.27. The number of nitrogens with zero attached hydrogens (tertiary/aromatic N) is 5. The Balaban J connectivity index is 1.84. The highest BCUT2D eigenvalue weighted by molar-refractivity contribution is 5.94. The highest BCUT2D eigenvalue weighted by atomic mass is 16.5. The molecule has 1 amide bonds. The van der Waals surface area contributed by atoms with Gasteiger partial charge in [0, 0.05) is 25.2 Å². The number of amides is 1. The maximum atomic E-state index is 12.8. The number of aromatic nitrogens is 4. The quantitative estimate of drug-likeness (QED) is 0.866. The number of likely N-dealkylation sites (tertiary alicyclic amines) is 1. The molecule has 124 valence electrons. The number of carbonyl (C=O) groups excluding carboxylic acids is 1. The van der Waals surface area contributed by atoms with Crippen molar-refractivity contribution in [3.8, 4) is 0 Å². The summed E-state index contributed by atoms with van der Waals surface area (Å²) in [5.74, 6) is 1.43. The third-order valence-electron chi connectivity index (χ3n) is 4.23. The van der Waals surface area contributed by atoms with Gasteiger partial charge in [0.25, 0.3) is 5.91 Å². The molecule has 3 heterocycles. The Hall–Kier alpha value is -2.18. The summed E-state index contributed by atoms with van der Waals surface area (Å²) in [4.78, 5) is 19.2. The lowest BCUT2D eigenvalue weighted by Crippen LogP contribution is -2.38. The van der Waals surface area contributed by atoms with Crippen LogP contribution in [0.15, 0.2) is 16.9 Å². The molecule has 0 unspecified atom stereocenters. The Kier molecular flexibility index (Phi) is 4.45. The fourth-order valence-electron chi connectivity index (χ4n) is 2.86. The molecule has 0 aromatic carbocycles. The number of hydrogen-bond acceptors (Lipinski definition) is 5. The van der Waals surface area contributed by atoms with Crippen molar-refractivity contribution in [2.75, 3.05) is 6.54 Å². The predicted octanol–water partition coefficient (Wildman–Crippen LogP) is 2.78. The van der Waals surface area contributed by atoms with Crippen LogP contribution in [0, 0.1) is 0 Å². The maximum Gasteiger partial charge on any atom is 0.257 e. The van der Waals surface area contributed by atoms with Crippen LogP contribution in [0.25, 0.3) is 0 Å². The number of carbonyl (C=O) groups is 1. The molecule has 1 atom stereocenters. The number of aryl methyl sites for hydroxylation is 1. The molecule has 23 heavy (non-hydrogen) atoms. The van der Waals surface area contributed by atoms with Crippen molar-refractivity contribution in [2.24, 2.45) is 0 Å². The molecule has 0 aliphatic carbocycles. The fourth-order valence-corrected chi connectivity index (χ4v) is 2.86. The van der Waals surface area contributed by atoms with Crippen LogP contribution in [0.1, 0.15) is 74.1 Å². The molecule has 0 radical (unpaired) electrons. The Morgan fingerprint density at radius 2 is 2.26 bits per heavy atom. The van der Waals surface area contributed by atoms with Crippen molar-refractivity contribution in [1.29, 1.82) is 0 Å². The van der Waals surface area contributed by atoms with Gasteiger partial charge in [0.15, 0.2) is 5.82 Å². The second kappa shape index (κ2) is 6.52. The van der Waals surface area contributed by atoms with Crippen LogP contribution < -0.4 is 0 Å². The molecule has 1 aliphatic heterocycles.